The summed E-state index contributed by atoms with van der Waals surface area (Å²) in [7, 11) is 0. The van der Waals surface area contributed by atoms with Gasteiger partial charge >= 0.3 is 0 Å². The average Bonchev–Trinajstić information content (AvgIpc) is 1.58. The Morgan fingerprint density at radius 3 is 0.951 bits per heavy atom. The molecule has 0 spiro atoms. The van der Waals surface area contributed by atoms with E-state index in [4.69, 9.17) is 32.6 Å². The smallest absolute Gasteiger partial charge is 0.164 e. The number of fused-ring (bicyclic) bond motifs is 25. The maximum absolute atomic E-state index is 6.55. The number of benzene rings is 23. The Labute approximate surface area is 818 Å². The molecule has 0 atom stereocenters. The van der Waals surface area contributed by atoms with Gasteiger partial charge in [-0.25, -0.2) is 15.0 Å². The molecule has 0 aliphatic rings. The second-order valence-electron chi connectivity index (χ2n) is 36.7. The second kappa shape index (κ2) is 33.9. The maximum atomic E-state index is 6.55. The van der Waals surface area contributed by atoms with Crippen molar-refractivity contribution in [3.63, 3.8) is 0 Å². The van der Waals surface area contributed by atoms with Gasteiger partial charge in [0, 0.05) is 115 Å². The van der Waals surface area contributed by atoms with Crippen molar-refractivity contribution in [1.29, 1.82) is 0 Å². The van der Waals surface area contributed by atoms with Gasteiger partial charge < -0.3 is 31.4 Å². The van der Waals surface area contributed by atoms with Crippen LogP contribution in [0.3, 0.4) is 0 Å². The summed E-state index contributed by atoms with van der Waals surface area (Å²) in [6.07, 6.45) is 0. The molecule has 668 valence electrons. The first-order valence-corrected chi connectivity index (χ1v) is 48.4. The van der Waals surface area contributed by atoms with E-state index in [0.717, 1.165) is 144 Å². The molecule has 0 aliphatic heterocycles. The lowest BCUT2D eigenvalue weighted by Crippen LogP contribution is -2.00. The largest absolute Gasteiger partial charge is 0.456 e. The van der Waals surface area contributed by atoms with Crippen molar-refractivity contribution in [1.82, 2.24) is 28.7 Å². The van der Waals surface area contributed by atoms with Gasteiger partial charge in [-0.15, -0.1) is 0 Å². The Morgan fingerprint density at radius 2 is 0.469 bits per heavy atom. The van der Waals surface area contributed by atoms with E-state index in [-0.39, 0.29) is 0 Å². The predicted molar refractivity (Wildman–Crippen MR) is 594 cm³/mol. The minimum Gasteiger partial charge on any atom is -0.456 e. The number of hydrogen-bond acceptors (Lipinski definition) is 7. The third-order valence-corrected chi connectivity index (χ3v) is 28.4. The first-order valence-electron chi connectivity index (χ1n) is 48.4. The lowest BCUT2D eigenvalue weighted by atomic mass is 9.96. The van der Waals surface area contributed by atoms with Crippen molar-refractivity contribution in [3.8, 4) is 84.6 Å². The molecule has 23 aromatic carbocycles. The monoisotopic (exact) mass is 1830 g/mol. The van der Waals surface area contributed by atoms with Gasteiger partial charge in [-0.3, -0.25) is 0 Å². The van der Waals surface area contributed by atoms with Gasteiger partial charge in [0.2, 0.25) is 0 Å². The molecule has 143 heavy (non-hydrogen) atoms. The highest BCUT2D eigenvalue weighted by molar-refractivity contribution is 6.19. The number of furan rings is 4. The topological polar surface area (TPSA) is 106 Å². The quantitative estimate of drug-likeness (QED) is 0.142. The van der Waals surface area contributed by atoms with Gasteiger partial charge in [0.15, 0.2) is 23.1 Å². The number of aromatic nitrogens is 6. The Morgan fingerprint density at radius 1 is 0.147 bits per heavy atom. The summed E-state index contributed by atoms with van der Waals surface area (Å²) in [5.41, 5.74) is 27.3. The van der Waals surface area contributed by atoms with Crippen LogP contribution in [0.1, 0.15) is 0 Å². The molecule has 10 nitrogen and oxygen atoms in total. The van der Waals surface area contributed by atoms with E-state index in [2.05, 4.69) is 408 Å². The van der Waals surface area contributed by atoms with E-state index in [1.807, 2.05) is 103 Å². The fourth-order valence-corrected chi connectivity index (χ4v) is 21.7. The van der Waals surface area contributed by atoms with Crippen LogP contribution in [0.4, 0.5) is 0 Å². The summed E-state index contributed by atoms with van der Waals surface area (Å²) in [6.45, 7) is 0. The fraction of sp³-hybridized carbons (Fsp3) is 0. The number of nitrogens with zero attached hydrogens (tertiary/aromatic N) is 6. The average molecular weight is 1830 g/mol. The first kappa shape index (κ1) is 82.0. The zero-order valence-electron chi connectivity index (χ0n) is 77.2. The highest BCUT2D eigenvalue weighted by atomic mass is 16.3. The molecular formula is C133H82N6O4. The third-order valence-electron chi connectivity index (χ3n) is 28.4. The van der Waals surface area contributed by atoms with Crippen molar-refractivity contribution in [2.75, 3.05) is 0 Å². The molecule has 0 saturated heterocycles. The molecule has 0 fully saturated rings. The molecular weight excluding hydrogens is 1750 g/mol. The van der Waals surface area contributed by atoms with Gasteiger partial charge in [0.25, 0.3) is 0 Å². The molecule has 0 aliphatic carbocycles. The van der Waals surface area contributed by atoms with Gasteiger partial charge in [-0.05, 0) is 205 Å². The molecule has 0 N–H and O–H groups in total. The third kappa shape index (κ3) is 14.1. The molecule has 31 aromatic rings. The summed E-state index contributed by atoms with van der Waals surface area (Å²) in [4.78, 5) is 14.9. The van der Waals surface area contributed by atoms with Crippen LogP contribution < -0.4 is 0 Å². The van der Waals surface area contributed by atoms with Crippen molar-refractivity contribution in [2.45, 2.75) is 0 Å². The Bertz CT molecular complexity index is 10400. The second-order valence-corrected chi connectivity index (χ2v) is 36.7. The Hall–Kier alpha value is -19.3. The van der Waals surface area contributed by atoms with Crippen LogP contribution in [-0.4, -0.2) is 28.7 Å². The Balaban J connectivity index is 0.0000000934. The van der Waals surface area contributed by atoms with Crippen LogP contribution in [0, 0.1) is 0 Å². The summed E-state index contributed by atoms with van der Waals surface area (Å²) in [6, 6.07) is 175. The molecule has 0 amide bonds. The number of para-hydroxylation sites is 9. The van der Waals surface area contributed by atoms with E-state index in [1.54, 1.807) is 0 Å². The van der Waals surface area contributed by atoms with E-state index < -0.39 is 0 Å². The molecule has 8 aromatic heterocycles. The van der Waals surface area contributed by atoms with Crippen molar-refractivity contribution >= 4 is 196 Å². The van der Waals surface area contributed by atoms with E-state index >= 15 is 0 Å². The molecule has 0 bridgehead atoms. The van der Waals surface area contributed by atoms with Crippen LogP contribution in [0.2, 0.25) is 0 Å². The highest BCUT2D eigenvalue weighted by Crippen LogP contribution is 2.48. The minimum absolute atomic E-state index is 0.618. The summed E-state index contributed by atoms with van der Waals surface area (Å²) >= 11 is 0. The molecule has 8 heterocycles. The van der Waals surface area contributed by atoms with Crippen LogP contribution >= 0.6 is 0 Å². The lowest BCUT2D eigenvalue weighted by molar-refractivity contribution is 0.666. The molecule has 0 radical (unpaired) electrons. The summed E-state index contributed by atoms with van der Waals surface area (Å²) in [5.74, 6) is 1.89. The van der Waals surface area contributed by atoms with Gasteiger partial charge in [-0.2, -0.15) is 0 Å². The van der Waals surface area contributed by atoms with E-state index in [9.17, 15) is 0 Å². The zero-order chi connectivity index (χ0) is 94.1. The summed E-state index contributed by atoms with van der Waals surface area (Å²) < 4.78 is 32.7. The fourth-order valence-electron chi connectivity index (χ4n) is 21.7. The van der Waals surface area contributed by atoms with Gasteiger partial charge in [-0.1, -0.05) is 358 Å². The SMILES string of the molecule is c1ccc(-c2nc(-c3ccccc3)nc(-c3cc(-c4ccc5ccccc5c4)c4oc5ccccc5c4c3)n2)cc1.c1ccc2cc(-c3cc(-n4c5ccccc5c5ccccc54)c4oc5ccccc5c4c3)ccc2c1.c1ccc2cc(-c3cc(-n4c5ccccc5c5ccccc54)cc4c3oc3ccccc34)ccc2c1.c1ccc2cc3c(cc2c1)c1ccccc1n3-c1ccc2oc3ccccc3c2c1. The summed E-state index contributed by atoms with van der Waals surface area (Å²) in [5, 5.41) is 26.3. The molecule has 0 unspecified atom stereocenters. The number of rotatable bonds is 9. The normalized spacial score (nSPS) is 11.8. The standard InChI is InChI=1S/C37H23N3O.2C34H21NO.C28H17NO/c1-3-12-25(13-4-1)35-38-36(26-14-5-2-6-15-26)40-37(39-35)29-22-31(28-20-19-24-11-7-8-16-27(24)21-28)34-32(23-29)30-17-9-10-18-33(30)41-34;1-2-10-23-19-24(18-17-22(23)9-1)29-20-25(21-30-28-13-5-8-16-33(28)36-34(29)30)35-31-14-6-3-11-26(31)27-12-4-7-15-32(27)35;1-2-10-23-19-24(18-17-22(23)9-1)25-20-29-28-13-5-8-16-33(28)36-34(29)32(21-25)35-30-14-6-3-11-26(30)27-12-4-7-15-31(27)35;1-2-8-19-16-26-23(15-18(19)7-1)21-9-3-5-11-25(21)29(26)20-13-14-28-24(17-20)22-10-4-6-12-27(22)30-28/h1-23H;2*1-21H;1-17H. The minimum atomic E-state index is 0.618. The van der Waals surface area contributed by atoms with Crippen LogP contribution in [-0.2, 0) is 0 Å². The Kier molecular flexibility index (Phi) is 19.4. The van der Waals surface area contributed by atoms with Gasteiger partial charge in [0.1, 0.15) is 39.1 Å². The van der Waals surface area contributed by atoms with Crippen molar-refractivity contribution in [3.05, 3.63) is 497 Å². The zero-order valence-corrected chi connectivity index (χ0v) is 77.2. The maximum Gasteiger partial charge on any atom is 0.164 e. The molecule has 0 saturated carbocycles. The van der Waals surface area contributed by atoms with E-state index in [1.165, 1.54) is 120 Å². The van der Waals surface area contributed by atoms with Crippen LogP contribution in [0.5, 0.6) is 0 Å². The molecule has 31 rings (SSSR count). The van der Waals surface area contributed by atoms with Crippen LogP contribution in [0.15, 0.2) is 515 Å². The number of hydrogen-bond donors (Lipinski definition) is 0. The molecule has 10 heteroatoms. The predicted octanol–water partition coefficient (Wildman–Crippen LogP) is 36.4. The van der Waals surface area contributed by atoms with Gasteiger partial charge in [0.05, 0.1) is 38.8 Å². The van der Waals surface area contributed by atoms with E-state index in [0.29, 0.717) is 17.5 Å². The van der Waals surface area contributed by atoms with Crippen molar-refractivity contribution < 1.29 is 17.7 Å². The van der Waals surface area contributed by atoms with Crippen molar-refractivity contribution in [2.24, 2.45) is 0 Å². The first-order chi connectivity index (χ1) is 70.9. The highest BCUT2D eigenvalue weighted by Gasteiger charge is 2.26. The van der Waals surface area contributed by atoms with Crippen LogP contribution in [0.25, 0.3) is 281 Å². The lowest BCUT2D eigenvalue weighted by Gasteiger charge is -2.12.